The molecule has 0 unspecified atom stereocenters. The maximum atomic E-state index is 9.85. The predicted octanol–water partition coefficient (Wildman–Crippen LogP) is 1.47. The van der Waals surface area contributed by atoms with Gasteiger partial charge in [0.2, 0.25) is 0 Å². The van der Waals surface area contributed by atoms with Crippen molar-refractivity contribution >= 4 is 0 Å². The molecule has 1 aromatic heterocycles. The summed E-state index contributed by atoms with van der Waals surface area (Å²) in [5.74, 6) is 0.226. The Hall–Kier alpha value is -1.85. The molecule has 0 aliphatic heterocycles. The Morgan fingerprint density at radius 2 is 2.06 bits per heavy atom. The average Bonchev–Trinajstić information content (AvgIpc) is 2.74. The van der Waals surface area contributed by atoms with Crippen LogP contribution in [0.25, 0.3) is 0 Å². The number of aliphatic hydroxyl groups is 1. The van der Waals surface area contributed by atoms with Gasteiger partial charge >= 0.3 is 0 Å². The van der Waals surface area contributed by atoms with Crippen LogP contribution in [0.1, 0.15) is 23.0 Å². The van der Waals surface area contributed by atoms with Gasteiger partial charge in [0.1, 0.15) is 18.2 Å². The molecular formula is C12H14N2O3. The number of phenols is 1. The summed E-state index contributed by atoms with van der Waals surface area (Å²) >= 11 is 0. The molecule has 17 heavy (non-hydrogen) atoms. The molecule has 0 bridgehead atoms. The maximum Gasteiger partial charge on any atom is 0.136 e. The lowest BCUT2D eigenvalue weighted by Gasteiger charge is -2.11. The van der Waals surface area contributed by atoms with E-state index >= 15 is 0 Å². The SMILES string of the molecule is Cc1nocc1[C@H](O)NCc1ccc(O)cc1. The molecule has 0 fully saturated rings. The van der Waals surface area contributed by atoms with Gasteiger partial charge < -0.3 is 14.7 Å². The largest absolute Gasteiger partial charge is 0.508 e. The third-order valence-corrected chi connectivity index (χ3v) is 2.52. The molecule has 0 aliphatic rings. The van der Waals surface area contributed by atoms with Crippen molar-refractivity contribution in [3.63, 3.8) is 0 Å². The zero-order chi connectivity index (χ0) is 12.3. The number of nitrogens with one attached hydrogen (secondary N) is 1. The second-order valence-corrected chi connectivity index (χ2v) is 3.81. The summed E-state index contributed by atoms with van der Waals surface area (Å²) in [5.41, 5.74) is 2.26. The van der Waals surface area contributed by atoms with Crippen LogP contribution in [0.3, 0.4) is 0 Å². The summed E-state index contributed by atoms with van der Waals surface area (Å²) in [6.45, 7) is 2.26. The van der Waals surface area contributed by atoms with Gasteiger partial charge in [0.15, 0.2) is 0 Å². The summed E-state index contributed by atoms with van der Waals surface area (Å²) in [7, 11) is 0. The minimum atomic E-state index is -0.810. The Bertz CT molecular complexity index is 479. The first-order valence-electron chi connectivity index (χ1n) is 5.27. The summed E-state index contributed by atoms with van der Waals surface area (Å²) in [5, 5.41) is 25.6. The second-order valence-electron chi connectivity index (χ2n) is 3.81. The van der Waals surface area contributed by atoms with Gasteiger partial charge in [-0.15, -0.1) is 0 Å². The Labute approximate surface area is 98.7 Å². The molecule has 0 amide bonds. The first-order chi connectivity index (χ1) is 8.16. The van der Waals surface area contributed by atoms with Crippen LogP contribution < -0.4 is 5.32 Å². The van der Waals surface area contributed by atoms with Crippen LogP contribution in [0.15, 0.2) is 35.1 Å². The van der Waals surface area contributed by atoms with E-state index in [0.717, 1.165) is 5.56 Å². The van der Waals surface area contributed by atoms with E-state index in [1.807, 2.05) is 0 Å². The average molecular weight is 234 g/mol. The standard InChI is InChI=1S/C12H14N2O3/c1-8-11(7-17-14-8)12(16)13-6-9-2-4-10(15)5-3-9/h2-5,7,12-13,15-16H,6H2,1H3/t12-/m0/s1. The number of aromatic nitrogens is 1. The number of hydrogen-bond donors (Lipinski definition) is 3. The molecule has 1 heterocycles. The highest BCUT2D eigenvalue weighted by Crippen LogP contribution is 2.15. The lowest BCUT2D eigenvalue weighted by molar-refractivity contribution is 0.136. The molecule has 3 N–H and O–H groups in total. The molecule has 5 heteroatoms. The van der Waals surface area contributed by atoms with Crippen LogP contribution in [-0.2, 0) is 6.54 Å². The van der Waals surface area contributed by atoms with Crippen molar-refractivity contribution in [2.45, 2.75) is 19.7 Å². The molecule has 0 radical (unpaired) electrons. The summed E-state index contributed by atoms with van der Waals surface area (Å²) in [6, 6.07) is 6.78. The number of benzene rings is 1. The fourth-order valence-corrected chi connectivity index (χ4v) is 1.50. The number of hydrogen-bond acceptors (Lipinski definition) is 5. The van der Waals surface area contributed by atoms with Crippen molar-refractivity contribution in [1.29, 1.82) is 0 Å². The number of nitrogens with zero attached hydrogens (tertiary/aromatic N) is 1. The van der Waals surface area contributed by atoms with E-state index in [2.05, 4.69) is 10.5 Å². The van der Waals surface area contributed by atoms with E-state index in [-0.39, 0.29) is 5.75 Å². The quantitative estimate of drug-likeness (QED) is 0.698. The highest BCUT2D eigenvalue weighted by Gasteiger charge is 2.12. The minimum absolute atomic E-state index is 0.226. The Kier molecular flexibility index (Phi) is 3.41. The molecule has 1 aromatic carbocycles. The van der Waals surface area contributed by atoms with E-state index in [0.29, 0.717) is 17.8 Å². The van der Waals surface area contributed by atoms with Gasteiger partial charge in [-0.2, -0.15) is 0 Å². The molecule has 90 valence electrons. The minimum Gasteiger partial charge on any atom is -0.508 e. The fraction of sp³-hybridized carbons (Fsp3) is 0.250. The Morgan fingerprint density at radius 1 is 1.35 bits per heavy atom. The van der Waals surface area contributed by atoms with Gasteiger partial charge in [-0.05, 0) is 24.6 Å². The molecule has 5 nitrogen and oxygen atoms in total. The summed E-state index contributed by atoms with van der Waals surface area (Å²) < 4.78 is 4.75. The van der Waals surface area contributed by atoms with E-state index in [1.54, 1.807) is 31.2 Å². The highest BCUT2D eigenvalue weighted by atomic mass is 16.5. The monoisotopic (exact) mass is 234 g/mol. The highest BCUT2D eigenvalue weighted by molar-refractivity contribution is 5.26. The number of aliphatic hydroxyl groups excluding tert-OH is 1. The van der Waals surface area contributed by atoms with Crippen molar-refractivity contribution in [3.8, 4) is 5.75 Å². The molecule has 0 saturated heterocycles. The molecule has 0 spiro atoms. The fourth-order valence-electron chi connectivity index (χ4n) is 1.50. The molecule has 2 aromatic rings. The van der Waals surface area contributed by atoms with Gasteiger partial charge in [-0.3, -0.25) is 5.32 Å². The molecular weight excluding hydrogens is 220 g/mol. The summed E-state index contributed by atoms with van der Waals surface area (Å²) in [6.07, 6.45) is 0.610. The number of phenolic OH excluding ortho intramolecular Hbond substituents is 1. The van der Waals surface area contributed by atoms with E-state index in [1.165, 1.54) is 6.26 Å². The van der Waals surface area contributed by atoms with Crippen molar-refractivity contribution < 1.29 is 14.7 Å². The van der Waals surface area contributed by atoms with Gasteiger partial charge in [0.25, 0.3) is 0 Å². The van der Waals surface area contributed by atoms with Crippen LogP contribution in [-0.4, -0.2) is 15.4 Å². The first kappa shape index (κ1) is 11.6. The van der Waals surface area contributed by atoms with Crippen molar-refractivity contribution in [1.82, 2.24) is 10.5 Å². The lowest BCUT2D eigenvalue weighted by Crippen LogP contribution is -2.20. The normalized spacial score (nSPS) is 12.6. The van der Waals surface area contributed by atoms with Crippen molar-refractivity contribution in [3.05, 3.63) is 47.3 Å². The van der Waals surface area contributed by atoms with Gasteiger partial charge in [-0.25, -0.2) is 0 Å². The molecule has 2 rings (SSSR count). The zero-order valence-electron chi connectivity index (χ0n) is 9.42. The Morgan fingerprint density at radius 3 is 2.65 bits per heavy atom. The number of rotatable bonds is 4. The first-order valence-corrected chi connectivity index (χ1v) is 5.27. The number of aryl methyl sites for hydroxylation is 1. The topological polar surface area (TPSA) is 78.5 Å². The van der Waals surface area contributed by atoms with Crippen LogP contribution in [0, 0.1) is 6.92 Å². The van der Waals surface area contributed by atoms with Crippen molar-refractivity contribution in [2.24, 2.45) is 0 Å². The predicted molar refractivity (Wildman–Crippen MR) is 61.1 cm³/mol. The second kappa shape index (κ2) is 4.99. The zero-order valence-corrected chi connectivity index (χ0v) is 9.42. The van der Waals surface area contributed by atoms with Crippen LogP contribution in [0.4, 0.5) is 0 Å². The third kappa shape index (κ3) is 2.83. The smallest absolute Gasteiger partial charge is 0.136 e. The van der Waals surface area contributed by atoms with Crippen LogP contribution >= 0.6 is 0 Å². The third-order valence-electron chi connectivity index (χ3n) is 2.52. The molecule has 0 aliphatic carbocycles. The number of aromatic hydroxyl groups is 1. The van der Waals surface area contributed by atoms with Gasteiger partial charge in [0.05, 0.1) is 11.3 Å². The van der Waals surface area contributed by atoms with Crippen LogP contribution in [0.2, 0.25) is 0 Å². The van der Waals surface area contributed by atoms with Gasteiger partial charge in [-0.1, -0.05) is 17.3 Å². The van der Waals surface area contributed by atoms with Crippen molar-refractivity contribution in [2.75, 3.05) is 0 Å². The van der Waals surface area contributed by atoms with Gasteiger partial charge in [0, 0.05) is 6.54 Å². The maximum absolute atomic E-state index is 9.85. The molecule has 1 atom stereocenters. The lowest BCUT2D eigenvalue weighted by atomic mass is 10.2. The Balaban J connectivity index is 1.94. The van der Waals surface area contributed by atoms with E-state index < -0.39 is 6.23 Å². The summed E-state index contributed by atoms with van der Waals surface area (Å²) in [4.78, 5) is 0. The van der Waals surface area contributed by atoms with E-state index in [4.69, 9.17) is 9.63 Å². The van der Waals surface area contributed by atoms with E-state index in [9.17, 15) is 5.11 Å². The molecule has 0 saturated carbocycles. The van der Waals surface area contributed by atoms with Crippen LogP contribution in [0.5, 0.6) is 5.75 Å².